The molecular formula is C16H21Cl2N3O2. The fourth-order valence-electron chi connectivity index (χ4n) is 3.55. The summed E-state index contributed by atoms with van der Waals surface area (Å²) >= 11 is 0. The Morgan fingerprint density at radius 3 is 2.83 bits per heavy atom. The quantitative estimate of drug-likeness (QED) is 0.864. The fourth-order valence-corrected chi connectivity index (χ4v) is 3.55. The highest BCUT2D eigenvalue weighted by atomic mass is 35.5. The van der Waals surface area contributed by atoms with Crippen molar-refractivity contribution in [2.45, 2.75) is 26.2 Å². The van der Waals surface area contributed by atoms with Crippen LogP contribution in [0.5, 0.6) is 0 Å². The number of amides is 1. The lowest BCUT2D eigenvalue weighted by Crippen LogP contribution is -2.31. The third-order valence-electron chi connectivity index (χ3n) is 4.87. The zero-order valence-corrected chi connectivity index (χ0v) is 14.6. The maximum absolute atomic E-state index is 12.4. The van der Waals surface area contributed by atoms with Gasteiger partial charge in [-0.25, -0.2) is 4.98 Å². The number of halogens is 2. The molecule has 2 aromatic rings. The van der Waals surface area contributed by atoms with Gasteiger partial charge >= 0.3 is 0 Å². The standard InChI is InChI=1S/C16H19N3O2.2ClH/c1-10-18-13-8-11(2-3-14(13)21-10)19-15(20)12-9-16(12)4-6-17-7-5-16;;/h2-3,8,12,17H,4-7,9H2,1H3,(H,19,20);2*1H. The summed E-state index contributed by atoms with van der Waals surface area (Å²) < 4.78 is 5.45. The molecule has 1 unspecified atom stereocenters. The lowest BCUT2D eigenvalue weighted by Gasteiger charge is -2.23. The average molecular weight is 358 g/mol. The molecule has 5 nitrogen and oxygen atoms in total. The molecule has 1 aliphatic heterocycles. The normalized spacial score (nSPS) is 21.3. The maximum Gasteiger partial charge on any atom is 0.228 e. The second kappa shape index (κ2) is 6.67. The van der Waals surface area contributed by atoms with Crippen molar-refractivity contribution < 1.29 is 9.21 Å². The van der Waals surface area contributed by atoms with Crippen molar-refractivity contribution >= 4 is 47.5 Å². The minimum Gasteiger partial charge on any atom is -0.441 e. The number of hydrogen-bond acceptors (Lipinski definition) is 4. The molecule has 4 rings (SSSR count). The Kier molecular flexibility index (Phi) is 5.23. The Balaban J connectivity index is 0.000000960. The molecule has 2 aliphatic rings. The Hall–Kier alpha value is -1.30. The van der Waals surface area contributed by atoms with Gasteiger partial charge in [0.15, 0.2) is 11.5 Å². The number of anilines is 1. The molecular weight excluding hydrogens is 337 g/mol. The number of aromatic nitrogens is 1. The molecule has 23 heavy (non-hydrogen) atoms. The summed E-state index contributed by atoms with van der Waals surface area (Å²) in [5, 5.41) is 6.40. The van der Waals surface area contributed by atoms with E-state index in [4.69, 9.17) is 4.42 Å². The SMILES string of the molecule is Cc1nc2cc(NC(=O)C3CC34CCNCC4)ccc2o1.Cl.Cl. The molecule has 1 aromatic heterocycles. The molecule has 0 radical (unpaired) electrons. The Morgan fingerprint density at radius 2 is 2.09 bits per heavy atom. The number of rotatable bonds is 2. The summed E-state index contributed by atoms with van der Waals surface area (Å²) in [4.78, 5) is 16.7. The summed E-state index contributed by atoms with van der Waals surface area (Å²) in [6, 6.07) is 5.61. The summed E-state index contributed by atoms with van der Waals surface area (Å²) in [5.74, 6) is 0.968. The number of aryl methyl sites for hydroxylation is 1. The largest absolute Gasteiger partial charge is 0.441 e. The van der Waals surface area contributed by atoms with Gasteiger partial charge in [-0.05, 0) is 56.0 Å². The van der Waals surface area contributed by atoms with Gasteiger partial charge < -0.3 is 15.1 Å². The maximum atomic E-state index is 12.4. The number of oxazole rings is 1. The zero-order valence-electron chi connectivity index (χ0n) is 12.9. The highest BCUT2D eigenvalue weighted by Crippen LogP contribution is 2.58. The molecule has 1 amide bonds. The molecule has 2 fully saturated rings. The van der Waals surface area contributed by atoms with Gasteiger partial charge in [-0.3, -0.25) is 4.79 Å². The molecule has 1 spiro atoms. The van der Waals surface area contributed by atoms with E-state index in [-0.39, 0.29) is 42.1 Å². The fraction of sp³-hybridized carbons (Fsp3) is 0.500. The number of fused-ring (bicyclic) bond motifs is 1. The van der Waals surface area contributed by atoms with Gasteiger partial charge in [0, 0.05) is 18.5 Å². The topological polar surface area (TPSA) is 67.2 Å². The van der Waals surface area contributed by atoms with Gasteiger partial charge in [0.1, 0.15) is 5.52 Å². The lowest BCUT2D eigenvalue weighted by atomic mass is 9.92. The molecule has 1 aliphatic carbocycles. The van der Waals surface area contributed by atoms with Crippen molar-refractivity contribution in [3.63, 3.8) is 0 Å². The van der Waals surface area contributed by atoms with Gasteiger partial charge in [-0.2, -0.15) is 0 Å². The van der Waals surface area contributed by atoms with E-state index < -0.39 is 0 Å². The Labute approximate surface area is 147 Å². The number of carbonyl (C=O) groups is 1. The summed E-state index contributed by atoms with van der Waals surface area (Å²) in [6.45, 7) is 3.89. The Bertz CT molecular complexity index is 710. The lowest BCUT2D eigenvalue weighted by molar-refractivity contribution is -0.118. The van der Waals surface area contributed by atoms with Crippen LogP contribution in [0.4, 0.5) is 5.69 Å². The van der Waals surface area contributed by atoms with E-state index in [2.05, 4.69) is 15.6 Å². The highest BCUT2D eigenvalue weighted by Gasteiger charge is 2.57. The molecule has 0 bridgehead atoms. The van der Waals surface area contributed by atoms with E-state index in [1.807, 2.05) is 25.1 Å². The predicted molar refractivity (Wildman–Crippen MR) is 94.5 cm³/mol. The van der Waals surface area contributed by atoms with E-state index in [9.17, 15) is 4.79 Å². The zero-order chi connectivity index (χ0) is 14.4. The van der Waals surface area contributed by atoms with Crippen LogP contribution in [0.25, 0.3) is 11.1 Å². The third-order valence-corrected chi connectivity index (χ3v) is 4.87. The van der Waals surface area contributed by atoms with Crippen LogP contribution in [0, 0.1) is 18.3 Å². The van der Waals surface area contributed by atoms with Crippen LogP contribution >= 0.6 is 24.8 Å². The molecule has 126 valence electrons. The number of nitrogens with one attached hydrogen (secondary N) is 2. The summed E-state index contributed by atoms with van der Waals surface area (Å²) in [6.07, 6.45) is 3.27. The molecule has 1 saturated carbocycles. The molecule has 1 saturated heterocycles. The van der Waals surface area contributed by atoms with Crippen LogP contribution in [0.2, 0.25) is 0 Å². The van der Waals surface area contributed by atoms with Crippen molar-refractivity contribution in [3.05, 3.63) is 24.1 Å². The van der Waals surface area contributed by atoms with E-state index in [0.29, 0.717) is 5.89 Å². The number of nitrogens with zero attached hydrogens (tertiary/aromatic N) is 1. The second-order valence-corrected chi connectivity index (χ2v) is 6.27. The van der Waals surface area contributed by atoms with Crippen LogP contribution in [0.3, 0.4) is 0 Å². The van der Waals surface area contributed by atoms with Crippen molar-refractivity contribution in [2.75, 3.05) is 18.4 Å². The van der Waals surface area contributed by atoms with Crippen molar-refractivity contribution in [1.82, 2.24) is 10.3 Å². The summed E-state index contributed by atoms with van der Waals surface area (Å²) in [7, 11) is 0. The van der Waals surface area contributed by atoms with Crippen LogP contribution in [-0.4, -0.2) is 24.0 Å². The number of piperidine rings is 1. The van der Waals surface area contributed by atoms with Crippen LogP contribution in [-0.2, 0) is 4.79 Å². The number of benzene rings is 1. The predicted octanol–water partition coefficient (Wildman–Crippen LogP) is 3.31. The first kappa shape index (κ1) is 18.0. The smallest absolute Gasteiger partial charge is 0.228 e. The van der Waals surface area contributed by atoms with Crippen molar-refractivity contribution in [1.29, 1.82) is 0 Å². The molecule has 2 N–H and O–H groups in total. The van der Waals surface area contributed by atoms with Gasteiger partial charge in [0.2, 0.25) is 5.91 Å². The van der Waals surface area contributed by atoms with Gasteiger partial charge in [-0.1, -0.05) is 0 Å². The van der Waals surface area contributed by atoms with E-state index in [0.717, 1.165) is 49.1 Å². The minimum absolute atomic E-state index is 0. The van der Waals surface area contributed by atoms with Crippen molar-refractivity contribution in [2.24, 2.45) is 11.3 Å². The summed E-state index contributed by atoms with van der Waals surface area (Å²) in [5.41, 5.74) is 2.62. The molecule has 7 heteroatoms. The van der Waals surface area contributed by atoms with Crippen LogP contribution in [0.1, 0.15) is 25.2 Å². The van der Waals surface area contributed by atoms with Gasteiger partial charge in [0.05, 0.1) is 0 Å². The molecule has 1 aromatic carbocycles. The minimum atomic E-state index is 0. The highest BCUT2D eigenvalue weighted by molar-refractivity contribution is 5.96. The number of carbonyl (C=O) groups excluding carboxylic acids is 1. The molecule has 2 heterocycles. The monoisotopic (exact) mass is 357 g/mol. The van der Waals surface area contributed by atoms with Gasteiger partial charge in [0.25, 0.3) is 0 Å². The number of hydrogen-bond donors (Lipinski definition) is 2. The van der Waals surface area contributed by atoms with E-state index >= 15 is 0 Å². The van der Waals surface area contributed by atoms with E-state index in [1.165, 1.54) is 0 Å². The third kappa shape index (κ3) is 3.32. The van der Waals surface area contributed by atoms with Gasteiger partial charge in [-0.15, -0.1) is 24.8 Å². The van der Waals surface area contributed by atoms with E-state index in [1.54, 1.807) is 0 Å². The van der Waals surface area contributed by atoms with Crippen LogP contribution < -0.4 is 10.6 Å². The first-order valence-corrected chi connectivity index (χ1v) is 7.55. The molecule has 1 atom stereocenters. The second-order valence-electron chi connectivity index (χ2n) is 6.27. The average Bonchev–Trinajstić information content (AvgIpc) is 3.02. The Morgan fingerprint density at radius 1 is 1.35 bits per heavy atom. The first-order valence-electron chi connectivity index (χ1n) is 7.55. The van der Waals surface area contributed by atoms with Crippen LogP contribution in [0.15, 0.2) is 22.6 Å². The first-order chi connectivity index (χ1) is 10.2. The van der Waals surface area contributed by atoms with Crippen molar-refractivity contribution in [3.8, 4) is 0 Å².